The Morgan fingerprint density at radius 3 is 2.43 bits per heavy atom. The summed E-state index contributed by atoms with van der Waals surface area (Å²) >= 11 is 0. The van der Waals surface area contributed by atoms with E-state index in [1.54, 1.807) is 13.0 Å². The fraction of sp³-hybridized carbons (Fsp3) is 0.350. The van der Waals surface area contributed by atoms with Gasteiger partial charge in [0.1, 0.15) is 5.76 Å². The monoisotopic (exact) mass is 440 g/mol. The van der Waals surface area contributed by atoms with Gasteiger partial charge in [-0.3, -0.25) is 14.4 Å². The van der Waals surface area contributed by atoms with Crippen molar-refractivity contribution >= 4 is 27.7 Å². The van der Waals surface area contributed by atoms with Crippen molar-refractivity contribution in [2.24, 2.45) is 0 Å². The number of esters is 1. The Labute approximate surface area is 195 Å². The number of furan rings is 1. The molecule has 2 aliphatic carbocycles. The number of hydrogen-bond acceptors (Lipinski definition) is 8. The van der Waals surface area contributed by atoms with Gasteiger partial charge in [-0.05, 0) is 44.2 Å². The average Bonchev–Trinajstić information content (AvgIpc) is 3.02. The summed E-state index contributed by atoms with van der Waals surface area (Å²) in [7, 11) is -3.67. The number of fused-ring (bicyclic) bond motifs is 5. The molecule has 4 rings (SSSR count). The number of rotatable bonds is 2. The van der Waals surface area contributed by atoms with Gasteiger partial charge in [0.25, 0.3) is 0 Å². The van der Waals surface area contributed by atoms with Crippen LogP contribution in [0.2, 0.25) is 0 Å². The predicted octanol–water partition coefficient (Wildman–Crippen LogP) is -0.691. The second-order valence-corrected chi connectivity index (χ2v) is 8.80. The third-order valence-electron chi connectivity index (χ3n) is 5.88. The second-order valence-electron chi connectivity index (χ2n) is 7.52. The van der Waals surface area contributed by atoms with E-state index in [4.69, 9.17) is 9.15 Å². The zero-order valence-corrected chi connectivity index (χ0v) is 19.8. The summed E-state index contributed by atoms with van der Waals surface area (Å²) in [4.78, 5) is 38.2. The average molecular weight is 440 g/mol. The molecule has 1 atom stereocenters. The first-order chi connectivity index (χ1) is 13.5. The first-order valence-electron chi connectivity index (χ1n) is 8.95. The molecule has 152 valence electrons. The maximum Gasteiger partial charge on any atom is 1.00 e. The van der Waals surface area contributed by atoms with Gasteiger partial charge in [0.2, 0.25) is 16.7 Å². The van der Waals surface area contributed by atoms with Gasteiger partial charge in [-0.25, -0.2) is 8.42 Å². The Balaban J connectivity index is 0.00000256. The molecule has 0 aliphatic heterocycles. The summed E-state index contributed by atoms with van der Waals surface area (Å²) in [6.45, 7) is 2.99. The molecule has 8 nitrogen and oxygen atoms in total. The van der Waals surface area contributed by atoms with Crippen LogP contribution < -0.4 is 29.6 Å². The van der Waals surface area contributed by atoms with Gasteiger partial charge in [-0.2, -0.15) is 0 Å². The molecular formula is C20H17NaO8S. The molecule has 2 aromatic rings. The fourth-order valence-corrected chi connectivity index (χ4v) is 5.15. The van der Waals surface area contributed by atoms with Crippen molar-refractivity contribution < 1.29 is 66.1 Å². The quantitative estimate of drug-likeness (QED) is 0.260. The van der Waals surface area contributed by atoms with Crippen LogP contribution in [0.4, 0.5) is 0 Å². The zero-order chi connectivity index (χ0) is 21.3. The fourth-order valence-electron chi connectivity index (χ4n) is 4.48. The van der Waals surface area contributed by atoms with Crippen LogP contribution in [-0.4, -0.2) is 37.6 Å². The van der Waals surface area contributed by atoms with Crippen LogP contribution in [0, 0.1) is 6.92 Å². The van der Waals surface area contributed by atoms with Crippen LogP contribution in [-0.2, 0) is 31.5 Å². The van der Waals surface area contributed by atoms with Crippen LogP contribution in [0.1, 0.15) is 57.2 Å². The summed E-state index contributed by atoms with van der Waals surface area (Å²) in [6, 6.07) is 3.19. The number of carbonyl (C=O) groups excluding carboxylic acids is 3. The minimum Gasteiger partial charge on any atom is -0.742 e. The van der Waals surface area contributed by atoms with Gasteiger partial charge in [-0.1, -0.05) is 12.1 Å². The van der Waals surface area contributed by atoms with Gasteiger partial charge in [0, 0.05) is 16.7 Å². The predicted molar refractivity (Wildman–Crippen MR) is 97.8 cm³/mol. The van der Waals surface area contributed by atoms with Gasteiger partial charge in [0.15, 0.2) is 10.1 Å². The van der Waals surface area contributed by atoms with E-state index < -0.39 is 38.2 Å². The van der Waals surface area contributed by atoms with Crippen LogP contribution in [0.25, 0.3) is 11.3 Å². The van der Waals surface area contributed by atoms with Crippen LogP contribution in [0.3, 0.4) is 0 Å². The number of Topliss-reactive ketones (excluding diaryl/α,β-unsaturated/α-hetero) is 2. The van der Waals surface area contributed by atoms with E-state index in [9.17, 15) is 27.4 Å². The van der Waals surface area contributed by atoms with Gasteiger partial charge in [0.05, 0.1) is 18.1 Å². The van der Waals surface area contributed by atoms with Crippen molar-refractivity contribution in [3.63, 3.8) is 0 Å². The summed E-state index contributed by atoms with van der Waals surface area (Å²) < 4.78 is 44.7. The molecule has 0 radical (unpaired) electrons. The Morgan fingerprint density at radius 2 is 1.83 bits per heavy atom. The standard InChI is InChI=1S/C20H18O8S.Na/c1-9-13-15(21)16(22)14-10-5-4-8-20(2,19(23)27-3)12(10)7-6-11(14)17(13)28-18(9)29(24,25)26;/h6-7H,4-5,8H2,1-3H3,(H,24,25,26);/q;+1/p-1/t20-;/m0./s1. The smallest absolute Gasteiger partial charge is 0.742 e. The maximum absolute atomic E-state index is 13.0. The van der Waals surface area contributed by atoms with E-state index >= 15 is 0 Å². The SMILES string of the molecule is COC(=O)[C@@]1(C)CCCc2c1ccc1c2C(=O)C(=O)c2c-1oc(S(=O)(=O)[O-])c2C.[Na+]. The Bertz CT molecular complexity index is 1220. The molecule has 1 aromatic heterocycles. The Hall–Kier alpha value is -1.78. The molecule has 0 N–H and O–H groups in total. The summed E-state index contributed by atoms with van der Waals surface area (Å²) in [5.41, 5.74) is 0.141. The van der Waals surface area contributed by atoms with E-state index in [0.29, 0.717) is 30.4 Å². The number of methoxy groups -OCH3 is 1. The molecule has 10 heteroatoms. The number of ether oxygens (including phenoxy) is 1. The Kier molecular flexibility index (Phi) is 5.66. The molecule has 0 saturated carbocycles. The molecule has 0 bridgehead atoms. The zero-order valence-electron chi connectivity index (χ0n) is 17.0. The number of hydrogen-bond donors (Lipinski definition) is 0. The van der Waals surface area contributed by atoms with Crippen molar-refractivity contribution in [3.05, 3.63) is 39.9 Å². The number of benzene rings is 1. The summed E-state index contributed by atoms with van der Waals surface area (Å²) in [5, 5.41) is -0.867. The first kappa shape index (κ1) is 22.9. The van der Waals surface area contributed by atoms with Crippen LogP contribution >= 0.6 is 0 Å². The van der Waals surface area contributed by atoms with Crippen molar-refractivity contribution in [1.82, 2.24) is 0 Å². The minimum absolute atomic E-state index is 0. The molecular weight excluding hydrogens is 423 g/mol. The molecule has 30 heavy (non-hydrogen) atoms. The molecule has 0 amide bonds. The number of ketones is 2. The van der Waals surface area contributed by atoms with E-state index in [-0.39, 0.29) is 57.6 Å². The van der Waals surface area contributed by atoms with Gasteiger partial charge in [-0.15, -0.1) is 0 Å². The van der Waals surface area contributed by atoms with E-state index in [0.717, 1.165) is 0 Å². The summed E-state index contributed by atoms with van der Waals surface area (Å²) in [5.74, 6) is -2.29. The van der Waals surface area contributed by atoms with Gasteiger partial charge < -0.3 is 13.7 Å². The molecule has 0 spiro atoms. The second kappa shape index (κ2) is 7.42. The van der Waals surface area contributed by atoms with Crippen LogP contribution in [0.15, 0.2) is 21.6 Å². The van der Waals surface area contributed by atoms with Crippen molar-refractivity contribution in [2.75, 3.05) is 7.11 Å². The third kappa shape index (κ3) is 3.03. The third-order valence-corrected chi connectivity index (χ3v) is 6.73. The molecule has 1 heterocycles. The number of carbonyl (C=O) groups is 3. The molecule has 2 aliphatic rings. The first-order valence-corrected chi connectivity index (χ1v) is 10.4. The van der Waals surface area contributed by atoms with Crippen molar-refractivity contribution in [1.29, 1.82) is 0 Å². The van der Waals surface area contributed by atoms with Crippen LogP contribution in [0.5, 0.6) is 0 Å². The van der Waals surface area contributed by atoms with E-state index in [1.165, 1.54) is 20.1 Å². The van der Waals surface area contributed by atoms with Crippen molar-refractivity contribution in [2.45, 2.75) is 43.6 Å². The maximum atomic E-state index is 13.0. The van der Waals surface area contributed by atoms with Gasteiger partial charge >= 0.3 is 35.5 Å². The largest absolute Gasteiger partial charge is 1.00 e. The molecule has 0 unspecified atom stereocenters. The molecule has 0 saturated heterocycles. The topological polar surface area (TPSA) is 131 Å². The molecule has 1 aromatic carbocycles. The Morgan fingerprint density at radius 1 is 1.20 bits per heavy atom. The van der Waals surface area contributed by atoms with E-state index in [2.05, 4.69) is 0 Å². The van der Waals surface area contributed by atoms with Crippen molar-refractivity contribution in [3.8, 4) is 11.3 Å². The molecule has 0 fully saturated rings. The van der Waals surface area contributed by atoms with E-state index in [1.807, 2.05) is 0 Å². The minimum atomic E-state index is -4.96. The normalized spacial score (nSPS) is 20.0. The summed E-state index contributed by atoms with van der Waals surface area (Å²) in [6.07, 6.45) is 1.59.